The number of pyridine rings is 1. The van der Waals surface area contributed by atoms with E-state index < -0.39 is 6.04 Å². The first-order valence-corrected chi connectivity index (χ1v) is 8.49. The van der Waals surface area contributed by atoms with Crippen LogP contribution in [0.15, 0.2) is 47.1 Å². The van der Waals surface area contributed by atoms with Crippen molar-refractivity contribution >= 4 is 29.4 Å². The average molecular weight is 344 g/mol. The maximum Gasteiger partial charge on any atom is 0.262 e. The molecule has 1 atom stereocenters. The largest absolute Gasteiger partial charge is 0.344 e. The Morgan fingerprint density at radius 3 is 2.67 bits per heavy atom. The van der Waals surface area contributed by atoms with E-state index in [0.29, 0.717) is 0 Å². The molecule has 0 aromatic carbocycles. The van der Waals surface area contributed by atoms with Crippen LogP contribution in [0.1, 0.15) is 24.3 Å². The lowest BCUT2D eigenvalue weighted by atomic mass is 10.0. The molecule has 2 N–H and O–H groups in total. The number of aromatic nitrogens is 1. The first-order chi connectivity index (χ1) is 11.6. The summed E-state index contributed by atoms with van der Waals surface area (Å²) in [7, 11) is 0. The molecule has 2 heterocycles. The Bertz CT molecular complexity index is 684. The zero-order chi connectivity index (χ0) is 17.4. The van der Waals surface area contributed by atoms with Crippen molar-refractivity contribution in [2.24, 2.45) is 11.0 Å². The molecular weight excluding hydrogens is 324 g/mol. The normalized spacial score (nSPS) is 12.3. The van der Waals surface area contributed by atoms with Crippen LogP contribution in [0.3, 0.4) is 0 Å². The van der Waals surface area contributed by atoms with Gasteiger partial charge in [-0.05, 0) is 35.1 Å². The van der Waals surface area contributed by atoms with Gasteiger partial charge in [-0.15, -0.1) is 11.3 Å². The molecule has 0 aliphatic carbocycles. The van der Waals surface area contributed by atoms with Crippen LogP contribution in [-0.2, 0) is 16.0 Å². The lowest BCUT2D eigenvalue weighted by Crippen LogP contribution is -2.49. The van der Waals surface area contributed by atoms with Gasteiger partial charge in [0.05, 0.1) is 12.6 Å². The molecule has 0 aliphatic rings. The van der Waals surface area contributed by atoms with Gasteiger partial charge in [0.1, 0.15) is 6.04 Å². The van der Waals surface area contributed by atoms with Gasteiger partial charge >= 0.3 is 0 Å². The summed E-state index contributed by atoms with van der Waals surface area (Å²) in [6, 6.07) is 6.71. The lowest BCUT2D eigenvalue weighted by Gasteiger charge is -2.20. The SMILES string of the molecule is CC(C)C(NC(=O)Cc1cccs1)C(=O)N/N=C\c1ccncc1. The predicted octanol–water partition coefficient (Wildman–Crippen LogP) is 1.98. The van der Waals surface area contributed by atoms with Crippen molar-refractivity contribution in [3.63, 3.8) is 0 Å². The average Bonchev–Trinajstić information content (AvgIpc) is 3.06. The number of hydrazone groups is 1. The Morgan fingerprint density at radius 2 is 2.04 bits per heavy atom. The number of nitrogens with one attached hydrogen (secondary N) is 2. The fraction of sp³-hybridized carbons (Fsp3) is 0.294. The van der Waals surface area contributed by atoms with E-state index in [1.165, 1.54) is 17.6 Å². The van der Waals surface area contributed by atoms with Crippen molar-refractivity contribution in [1.29, 1.82) is 0 Å². The van der Waals surface area contributed by atoms with E-state index in [0.717, 1.165) is 10.4 Å². The van der Waals surface area contributed by atoms with Crippen LogP contribution in [0.25, 0.3) is 0 Å². The number of hydrogen-bond donors (Lipinski definition) is 2. The first kappa shape index (κ1) is 17.8. The highest BCUT2D eigenvalue weighted by Gasteiger charge is 2.24. The number of nitrogens with zero attached hydrogens (tertiary/aromatic N) is 2. The van der Waals surface area contributed by atoms with Gasteiger partial charge in [0.25, 0.3) is 5.91 Å². The highest BCUT2D eigenvalue weighted by Crippen LogP contribution is 2.10. The van der Waals surface area contributed by atoms with E-state index >= 15 is 0 Å². The van der Waals surface area contributed by atoms with Crippen LogP contribution in [0, 0.1) is 5.92 Å². The van der Waals surface area contributed by atoms with Crippen LogP contribution >= 0.6 is 11.3 Å². The molecule has 2 aromatic rings. The number of thiophene rings is 1. The third-order valence-electron chi connectivity index (χ3n) is 3.27. The zero-order valence-corrected chi connectivity index (χ0v) is 14.4. The van der Waals surface area contributed by atoms with E-state index in [-0.39, 0.29) is 24.2 Å². The number of hydrogen-bond acceptors (Lipinski definition) is 5. The third-order valence-corrected chi connectivity index (χ3v) is 4.15. The molecule has 2 rings (SSSR count). The summed E-state index contributed by atoms with van der Waals surface area (Å²) in [5, 5.41) is 8.62. The van der Waals surface area contributed by atoms with Crippen molar-refractivity contribution in [2.45, 2.75) is 26.3 Å². The van der Waals surface area contributed by atoms with E-state index in [2.05, 4.69) is 20.8 Å². The van der Waals surface area contributed by atoms with Gasteiger partial charge in [0.2, 0.25) is 5.91 Å². The van der Waals surface area contributed by atoms with Crippen LogP contribution in [0.4, 0.5) is 0 Å². The molecule has 0 bridgehead atoms. The first-order valence-electron chi connectivity index (χ1n) is 7.61. The number of carbonyl (C=O) groups excluding carboxylic acids is 2. The molecule has 24 heavy (non-hydrogen) atoms. The molecule has 1 unspecified atom stereocenters. The number of amides is 2. The van der Waals surface area contributed by atoms with Gasteiger partial charge in [-0.3, -0.25) is 14.6 Å². The van der Waals surface area contributed by atoms with Crippen LogP contribution in [-0.4, -0.2) is 29.1 Å². The second-order valence-corrected chi connectivity index (χ2v) is 6.59. The van der Waals surface area contributed by atoms with Crippen molar-refractivity contribution in [3.05, 3.63) is 52.5 Å². The van der Waals surface area contributed by atoms with E-state index in [9.17, 15) is 9.59 Å². The number of rotatable bonds is 7. The molecule has 2 amide bonds. The maximum atomic E-state index is 12.3. The summed E-state index contributed by atoms with van der Waals surface area (Å²) in [5.41, 5.74) is 3.30. The van der Waals surface area contributed by atoms with Gasteiger partial charge in [-0.2, -0.15) is 5.10 Å². The minimum Gasteiger partial charge on any atom is -0.344 e. The Morgan fingerprint density at radius 1 is 1.29 bits per heavy atom. The molecule has 126 valence electrons. The van der Waals surface area contributed by atoms with Crippen molar-refractivity contribution < 1.29 is 9.59 Å². The van der Waals surface area contributed by atoms with Crippen LogP contribution in [0.2, 0.25) is 0 Å². The van der Waals surface area contributed by atoms with E-state index in [1.807, 2.05) is 31.4 Å². The summed E-state index contributed by atoms with van der Waals surface area (Å²) >= 11 is 1.52. The zero-order valence-electron chi connectivity index (χ0n) is 13.6. The topological polar surface area (TPSA) is 83.5 Å². The summed E-state index contributed by atoms with van der Waals surface area (Å²) in [5.74, 6) is -0.562. The quantitative estimate of drug-likeness (QED) is 0.595. The molecule has 0 saturated heterocycles. The Kier molecular flexibility index (Phi) is 6.62. The van der Waals surface area contributed by atoms with Gasteiger partial charge < -0.3 is 5.32 Å². The van der Waals surface area contributed by atoms with Crippen molar-refractivity contribution in [1.82, 2.24) is 15.7 Å². The molecular formula is C17H20N4O2S. The third kappa shape index (κ3) is 5.58. The maximum absolute atomic E-state index is 12.3. The second-order valence-electron chi connectivity index (χ2n) is 5.56. The summed E-state index contributed by atoms with van der Waals surface area (Å²) in [6.07, 6.45) is 5.09. The Hall–Kier alpha value is -2.54. The van der Waals surface area contributed by atoms with Crippen LogP contribution < -0.4 is 10.7 Å². The summed E-state index contributed by atoms with van der Waals surface area (Å²) in [6.45, 7) is 3.75. The molecule has 0 fully saturated rings. The Labute approximate surface area is 145 Å². The molecule has 0 saturated carbocycles. The minimum atomic E-state index is -0.632. The lowest BCUT2D eigenvalue weighted by molar-refractivity contribution is -0.129. The molecule has 7 heteroatoms. The van der Waals surface area contributed by atoms with Crippen molar-refractivity contribution in [3.8, 4) is 0 Å². The summed E-state index contributed by atoms with van der Waals surface area (Å²) in [4.78, 5) is 29.2. The summed E-state index contributed by atoms with van der Waals surface area (Å²) < 4.78 is 0. The standard InChI is InChI=1S/C17H20N4O2S/c1-12(2)16(20-15(22)10-14-4-3-9-24-14)17(23)21-19-11-13-5-7-18-8-6-13/h3-9,11-12,16H,10H2,1-2H3,(H,20,22)(H,21,23)/b19-11-. The smallest absolute Gasteiger partial charge is 0.262 e. The fourth-order valence-electron chi connectivity index (χ4n) is 2.02. The van der Waals surface area contributed by atoms with Crippen molar-refractivity contribution in [2.75, 3.05) is 0 Å². The Balaban J connectivity index is 1.90. The van der Waals surface area contributed by atoms with E-state index in [4.69, 9.17) is 0 Å². The highest BCUT2D eigenvalue weighted by atomic mass is 32.1. The minimum absolute atomic E-state index is 0.0478. The van der Waals surface area contributed by atoms with Crippen LogP contribution in [0.5, 0.6) is 0 Å². The van der Waals surface area contributed by atoms with Gasteiger partial charge in [0, 0.05) is 17.3 Å². The second kappa shape index (κ2) is 8.93. The highest BCUT2D eigenvalue weighted by molar-refractivity contribution is 7.10. The molecule has 0 spiro atoms. The fourth-order valence-corrected chi connectivity index (χ4v) is 2.72. The monoisotopic (exact) mass is 344 g/mol. The van der Waals surface area contributed by atoms with Gasteiger partial charge in [0.15, 0.2) is 0 Å². The van der Waals surface area contributed by atoms with Gasteiger partial charge in [-0.25, -0.2) is 5.43 Å². The van der Waals surface area contributed by atoms with E-state index in [1.54, 1.807) is 24.5 Å². The predicted molar refractivity (Wildman–Crippen MR) is 94.8 cm³/mol. The molecule has 6 nitrogen and oxygen atoms in total. The molecule has 2 aromatic heterocycles. The molecule has 0 radical (unpaired) electrons. The number of carbonyl (C=O) groups is 2. The van der Waals surface area contributed by atoms with Gasteiger partial charge in [-0.1, -0.05) is 19.9 Å². The molecule has 0 aliphatic heterocycles.